The number of nitrogens with one attached hydrogen (secondary N) is 1. The lowest BCUT2D eigenvalue weighted by atomic mass is 9.81. The number of halogens is 2. The first kappa shape index (κ1) is 12.7. The van der Waals surface area contributed by atoms with Gasteiger partial charge in [0, 0.05) is 12.0 Å². The Balaban J connectivity index is 2.02. The maximum atomic E-state index is 14.0. The summed E-state index contributed by atoms with van der Waals surface area (Å²) in [7, 11) is 0. The van der Waals surface area contributed by atoms with Crippen LogP contribution in [-0.4, -0.2) is 43.8 Å². The summed E-state index contributed by atoms with van der Waals surface area (Å²) in [6.45, 7) is 2.33. The predicted molar refractivity (Wildman–Crippen MR) is 55.8 cm³/mol. The van der Waals surface area contributed by atoms with Crippen molar-refractivity contribution in [3.05, 3.63) is 0 Å². The molecule has 2 fully saturated rings. The van der Waals surface area contributed by atoms with Crippen molar-refractivity contribution >= 4 is 5.97 Å². The highest BCUT2D eigenvalue weighted by Gasteiger charge is 2.54. The third kappa shape index (κ3) is 2.57. The highest BCUT2D eigenvalue weighted by atomic mass is 19.3. The molecule has 0 amide bonds. The van der Waals surface area contributed by atoms with E-state index < -0.39 is 23.9 Å². The molecule has 98 valence electrons. The van der Waals surface area contributed by atoms with E-state index in [2.05, 4.69) is 5.32 Å². The van der Waals surface area contributed by atoms with Crippen molar-refractivity contribution < 1.29 is 23.0 Å². The van der Waals surface area contributed by atoms with Crippen LogP contribution in [0.3, 0.4) is 0 Å². The van der Waals surface area contributed by atoms with E-state index in [4.69, 9.17) is 9.47 Å². The lowest BCUT2D eigenvalue weighted by Crippen LogP contribution is -2.64. The maximum absolute atomic E-state index is 14.0. The summed E-state index contributed by atoms with van der Waals surface area (Å²) in [5.74, 6) is -4.40. The second-order valence-corrected chi connectivity index (χ2v) is 4.57. The van der Waals surface area contributed by atoms with Gasteiger partial charge in [-0.1, -0.05) is 0 Å². The normalized spacial score (nSPS) is 35.4. The van der Waals surface area contributed by atoms with E-state index in [1.54, 1.807) is 6.92 Å². The molecule has 1 N–H and O–H groups in total. The summed E-state index contributed by atoms with van der Waals surface area (Å²) >= 11 is 0. The van der Waals surface area contributed by atoms with Crippen molar-refractivity contribution in [2.24, 2.45) is 5.92 Å². The molecule has 3 unspecified atom stereocenters. The first-order valence-electron chi connectivity index (χ1n) is 5.91. The molecule has 2 aliphatic heterocycles. The largest absolute Gasteiger partial charge is 0.466 e. The minimum atomic E-state index is -2.91. The first-order chi connectivity index (χ1) is 8.04. The van der Waals surface area contributed by atoms with Gasteiger partial charge in [0.25, 0.3) is 5.92 Å². The predicted octanol–water partition coefficient (Wildman–Crippen LogP) is 0.952. The van der Waals surface area contributed by atoms with Gasteiger partial charge in [-0.25, -0.2) is 8.78 Å². The average molecular weight is 249 g/mol. The number of carbonyl (C=O) groups excluding carboxylic acids is 1. The van der Waals surface area contributed by atoms with Crippen molar-refractivity contribution in [2.45, 2.75) is 37.8 Å². The molecule has 4 nitrogen and oxygen atoms in total. The summed E-state index contributed by atoms with van der Waals surface area (Å²) in [5, 5.41) is 2.85. The molecule has 2 saturated heterocycles. The number of ether oxygens (including phenoxy) is 2. The SMILES string of the molecule is CCOC(=O)CC1CC2COCC(N2)C1(F)F. The van der Waals surface area contributed by atoms with Crippen molar-refractivity contribution in [3.63, 3.8) is 0 Å². The topological polar surface area (TPSA) is 47.6 Å². The summed E-state index contributed by atoms with van der Waals surface area (Å²) in [4.78, 5) is 11.3. The van der Waals surface area contributed by atoms with Crippen molar-refractivity contribution in [2.75, 3.05) is 19.8 Å². The van der Waals surface area contributed by atoms with E-state index in [0.29, 0.717) is 6.61 Å². The number of esters is 1. The van der Waals surface area contributed by atoms with Gasteiger partial charge in [-0.2, -0.15) is 0 Å². The van der Waals surface area contributed by atoms with Crippen LogP contribution in [0, 0.1) is 5.92 Å². The number of hydrogen-bond donors (Lipinski definition) is 1. The zero-order valence-corrected chi connectivity index (χ0v) is 9.75. The fourth-order valence-electron chi connectivity index (χ4n) is 2.49. The van der Waals surface area contributed by atoms with Gasteiger partial charge in [0.05, 0.1) is 32.3 Å². The monoisotopic (exact) mass is 249 g/mol. The molecule has 6 heteroatoms. The molecule has 2 heterocycles. The highest BCUT2D eigenvalue weighted by Crippen LogP contribution is 2.39. The van der Waals surface area contributed by atoms with Crippen LogP contribution in [0.5, 0.6) is 0 Å². The molecular weight excluding hydrogens is 232 g/mol. The van der Waals surface area contributed by atoms with Crippen LogP contribution in [0.2, 0.25) is 0 Å². The van der Waals surface area contributed by atoms with Crippen molar-refractivity contribution in [3.8, 4) is 0 Å². The summed E-state index contributed by atoms with van der Waals surface area (Å²) in [5.41, 5.74) is 0. The third-order valence-electron chi connectivity index (χ3n) is 3.34. The number of rotatable bonds is 3. The molecule has 17 heavy (non-hydrogen) atoms. The number of carbonyl (C=O) groups is 1. The molecule has 0 radical (unpaired) electrons. The highest BCUT2D eigenvalue weighted by molar-refractivity contribution is 5.69. The molecule has 2 bridgehead atoms. The van der Waals surface area contributed by atoms with Crippen LogP contribution < -0.4 is 5.32 Å². The minimum absolute atomic E-state index is 0.00280. The van der Waals surface area contributed by atoms with Crippen LogP contribution >= 0.6 is 0 Å². The zero-order chi connectivity index (χ0) is 12.5. The minimum Gasteiger partial charge on any atom is -0.466 e. The Morgan fingerprint density at radius 3 is 3.00 bits per heavy atom. The molecule has 2 aliphatic rings. The van der Waals surface area contributed by atoms with E-state index in [1.807, 2.05) is 0 Å². The number of alkyl halides is 2. The van der Waals surface area contributed by atoms with E-state index >= 15 is 0 Å². The quantitative estimate of drug-likeness (QED) is 0.757. The summed E-state index contributed by atoms with van der Waals surface area (Å²) in [6.07, 6.45) is 0.0395. The molecule has 0 aromatic heterocycles. The van der Waals surface area contributed by atoms with E-state index in [-0.39, 0.29) is 32.1 Å². The van der Waals surface area contributed by atoms with Crippen molar-refractivity contribution in [1.82, 2.24) is 5.32 Å². The molecule has 0 aliphatic carbocycles. The van der Waals surface area contributed by atoms with Gasteiger partial charge in [-0.3, -0.25) is 4.79 Å². The molecule has 0 aromatic carbocycles. The second kappa shape index (κ2) is 4.86. The van der Waals surface area contributed by atoms with Gasteiger partial charge in [0.2, 0.25) is 0 Å². The molecule has 0 spiro atoms. The number of hydrogen-bond acceptors (Lipinski definition) is 4. The van der Waals surface area contributed by atoms with Gasteiger partial charge < -0.3 is 14.8 Å². The third-order valence-corrected chi connectivity index (χ3v) is 3.34. The fraction of sp³-hybridized carbons (Fsp3) is 0.909. The Morgan fingerprint density at radius 1 is 1.53 bits per heavy atom. The summed E-state index contributed by atoms with van der Waals surface area (Å²) in [6, 6.07) is -1.05. The zero-order valence-electron chi connectivity index (χ0n) is 9.75. The average Bonchev–Trinajstić information content (AvgIpc) is 2.27. The lowest BCUT2D eigenvalue weighted by molar-refractivity contribution is -0.174. The Hall–Kier alpha value is -0.750. The second-order valence-electron chi connectivity index (χ2n) is 4.57. The molecule has 0 aromatic rings. The van der Waals surface area contributed by atoms with E-state index in [9.17, 15) is 13.6 Å². The van der Waals surface area contributed by atoms with E-state index in [1.165, 1.54) is 0 Å². The maximum Gasteiger partial charge on any atom is 0.306 e. The van der Waals surface area contributed by atoms with Crippen LogP contribution in [0.4, 0.5) is 8.78 Å². The summed E-state index contributed by atoms with van der Waals surface area (Å²) < 4.78 is 37.8. The smallest absolute Gasteiger partial charge is 0.306 e. The molecular formula is C11H17F2NO3. The van der Waals surface area contributed by atoms with Gasteiger partial charge in [0.1, 0.15) is 0 Å². The molecule has 2 rings (SSSR count). The number of piperidine rings is 1. The van der Waals surface area contributed by atoms with Crippen LogP contribution in [0.1, 0.15) is 19.8 Å². The Bertz CT molecular complexity index is 298. The van der Waals surface area contributed by atoms with Gasteiger partial charge in [0.15, 0.2) is 0 Å². The molecule has 3 atom stereocenters. The Labute approximate surface area is 98.6 Å². The van der Waals surface area contributed by atoms with Crippen molar-refractivity contribution in [1.29, 1.82) is 0 Å². The van der Waals surface area contributed by atoms with Crippen LogP contribution in [0.15, 0.2) is 0 Å². The first-order valence-corrected chi connectivity index (χ1v) is 5.91. The standard InChI is InChI=1S/C11H17F2NO3/c1-2-17-10(15)4-7-3-8-5-16-6-9(14-8)11(7,12)13/h7-9,14H,2-6H2,1H3. The molecule has 0 saturated carbocycles. The van der Waals surface area contributed by atoms with Gasteiger partial charge in [-0.05, 0) is 13.3 Å². The fourth-order valence-corrected chi connectivity index (χ4v) is 2.49. The van der Waals surface area contributed by atoms with Gasteiger partial charge in [-0.15, -0.1) is 0 Å². The number of fused-ring (bicyclic) bond motifs is 2. The lowest BCUT2D eigenvalue weighted by Gasteiger charge is -2.45. The number of morpholine rings is 1. The van der Waals surface area contributed by atoms with Crippen LogP contribution in [-0.2, 0) is 14.3 Å². The Morgan fingerprint density at radius 2 is 2.29 bits per heavy atom. The van der Waals surface area contributed by atoms with Crippen LogP contribution in [0.25, 0.3) is 0 Å². The van der Waals surface area contributed by atoms with Gasteiger partial charge >= 0.3 is 5.97 Å². The van der Waals surface area contributed by atoms with E-state index in [0.717, 1.165) is 0 Å². The Kier molecular flexibility index (Phi) is 3.63.